The molecule has 1 rings (SSSR count). The van der Waals surface area contributed by atoms with Crippen molar-refractivity contribution in [3.05, 3.63) is 84.1 Å². The number of allylic oxidation sites excluding steroid dienone is 12. The fourth-order valence-corrected chi connectivity index (χ4v) is 3.14. The molecule has 0 saturated carbocycles. The van der Waals surface area contributed by atoms with Gasteiger partial charge >= 0.3 is 0 Å². The molecular formula is C27H46. The van der Waals surface area contributed by atoms with Crippen molar-refractivity contribution in [1.29, 1.82) is 0 Å². The maximum absolute atomic E-state index is 3.88. The Morgan fingerprint density at radius 3 is 2.04 bits per heavy atom. The van der Waals surface area contributed by atoms with Gasteiger partial charge in [-0.2, -0.15) is 0 Å². The summed E-state index contributed by atoms with van der Waals surface area (Å²) in [6.07, 6.45) is 21.3. The summed E-state index contributed by atoms with van der Waals surface area (Å²) in [6.45, 7) is 22.2. The van der Waals surface area contributed by atoms with E-state index in [0.717, 1.165) is 19.3 Å². The average molecular weight is 371 g/mol. The lowest BCUT2D eigenvalue weighted by molar-refractivity contribution is 0.755. The van der Waals surface area contributed by atoms with Gasteiger partial charge in [-0.1, -0.05) is 115 Å². The number of rotatable bonds is 9. The van der Waals surface area contributed by atoms with E-state index in [1.165, 1.54) is 17.6 Å². The fourth-order valence-electron chi connectivity index (χ4n) is 3.14. The Bertz CT molecular complexity index is 532. The molecule has 0 saturated heterocycles. The molecule has 0 heterocycles. The quantitative estimate of drug-likeness (QED) is 0.280. The zero-order valence-electron chi connectivity index (χ0n) is 18.4. The molecule has 0 N–H and O–H groups in total. The molecular weight excluding hydrogens is 324 g/mol. The Morgan fingerprint density at radius 1 is 0.926 bits per heavy atom. The molecule has 0 aliphatic heterocycles. The van der Waals surface area contributed by atoms with E-state index >= 15 is 0 Å². The third-order valence-corrected chi connectivity index (χ3v) is 4.13. The van der Waals surface area contributed by atoms with Crippen LogP contribution in [0.1, 0.15) is 81.6 Å². The molecule has 0 nitrogen and oxygen atoms in total. The molecule has 0 aromatic rings. The topological polar surface area (TPSA) is 0 Å². The van der Waals surface area contributed by atoms with E-state index in [-0.39, 0.29) is 7.43 Å². The number of hydrogen-bond donors (Lipinski definition) is 0. The lowest BCUT2D eigenvalue weighted by atomic mass is 9.89. The highest BCUT2D eigenvalue weighted by Gasteiger charge is 2.27. The van der Waals surface area contributed by atoms with Gasteiger partial charge in [0.1, 0.15) is 0 Å². The molecule has 0 heteroatoms. The minimum absolute atomic E-state index is 0. The van der Waals surface area contributed by atoms with Crippen molar-refractivity contribution in [3.63, 3.8) is 0 Å². The minimum atomic E-state index is 0. The van der Waals surface area contributed by atoms with Gasteiger partial charge in [0.15, 0.2) is 0 Å². The average Bonchev–Trinajstić information content (AvgIpc) is 2.92. The van der Waals surface area contributed by atoms with E-state index < -0.39 is 0 Å². The molecule has 1 aliphatic rings. The zero-order valence-corrected chi connectivity index (χ0v) is 18.4. The van der Waals surface area contributed by atoms with Crippen molar-refractivity contribution >= 4 is 0 Å². The molecule has 154 valence electrons. The highest BCUT2D eigenvalue weighted by atomic mass is 14.3. The van der Waals surface area contributed by atoms with Gasteiger partial charge in [-0.15, -0.1) is 6.58 Å². The first-order valence-electron chi connectivity index (χ1n) is 10.3. The summed E-state index contributed by atoms with van der Waals surface area (Å²) < 4.78 is 0. The lowest BCUT2D eigenvalue weighted by Crippen LogP contribution is -2.02. The third kappa shape index (κ3) is 10.2. The summed E-state index contributed by atoms with van der Waals surface area (Å²) in [4.78, 5) is 0. The molecule has 0 radical (unpaired) electrons. The van der Waals surface area contributed by atoms with Crippen LogP contribution >= 0.6 is 0 Å². The Hall–Kier alpha value is -1.82. The van der Waals surface area contributed by atoms with Gasteiger partial charge in [0.2, 0.25) is 0 Å². The third-order valence-electron chi connectivity index (χ3n) is 4.13. The van der Waals surface area contributed by atoms with E-state index in [0.29, 0.717) is 5.92 Å². The smallest absolute Gasteiger partial charge is 0.0202 e. The van der Waals surface area contributed by atoms with Crippen molar-refractivity contribution in [1.82, 2.24) is 0 Å². The van der Waals surface area contributed by atoms with Crippen molar-refractivity contribution in [2.75, 3.05) is 0 Å². The molecule has 1 unspecified atom stereocenters. The molecule has 0 aromatic heterocycles. The summed E-state index contributed by atoms with van der Waals surface area (Å²) in [6, 6.07) is 0. The largest absolute Gasteiger partial charge is 0.103 e. The Balaban J connectivity index is -0.00000108. The van der Waals surface area contributed by atoms with Gasteiger partial charge in [-0.05, 0) is 44.3 Å². The first-order chi connectivity index (χ1) is 12.7. The van der Waals surface area contributed by atoms with Gasteiger partial charge in [0.25, 0.3) is 0 Å². The van der Waals surface area contributed by atoms with E-state index in [4.69, 9.17) is 0 Å². The highest BCUT2D eigenvalue weighted by molar-refractivity contribution is 5.56. The second kappa shape index (κ2) is 20.5. The second-order valence-electron chi connectivity index (χ2n) is 5.65. The van der Waals surface area contributed by atoms with Crippen molar-refractivity contribution in [2.24, 2.45) is 5.92 Å². The van der Waals surface area contributed by atoms with Crippen molar-refractivity contribution in [2.45, 2.75) is 81.6 Å². The van der Waals surface area contributed by atoms with Crippen LogP contribution in [0.25, 0.3) is 0 Å². The second-order valence-corrected chi connectivity index (χ2v) is 5.65. The van der Waals surface area contributed by atoms with Crippen LogP contribution in [0.2, 0.25) is 0 Å². The lowest BCUT2D eigenvalue weighted by Gasteiger charge is -2.15. The van der Waals surface area contributed by atoms with Crippen LogP contribution in [0.4, 0.5) is 0 Å². The summed E-state index contributed by atoms with van der Waals surface area (Å²) in [7, 11) is 0. The molecule has 0 aromatic carbocycles. The van der Waals surface area contributed by atoms with Crippen LogP contribution in [-0.4, -0.2) is 0 Å². The Kier molecular flexibility index (Phi) is 22.7. The summed E-state index contributed by atoms with van der Waals surface area (Å²) >= 11 is 0. The normalized spacial score (nSPS) is 16.2. The predicted octanol–water partition coefficient (Wildman–Crippen LogP) is 9.56. The Morgan fingerprint density at radius 2 is 1.56 bits per heavy atom. The fraction of sp³-hybridized carbons (Fsp3) is 0.481. The van der Waals surface area contributed by atoms with Crippen LogP contribution in [0, 0.1) is 5.92 Å². The van der Waals surface area contributed by atoms with Crippen molar-refractivity contribution in [3.8, 4) is 0 Å². The molecule has 0 fully saturated rings. The van der Waals surface area contributed by atoms with Gasteiger partial charge < -0.3 is 0 Å². The van der Waals surface area contributed by atoms with Crippen LogP contribution in [0.3, 0.4) is 0 Å². The maximum atomic E-state index is 3.88. The van der Waals surface area contributed by atoms with Gasteiger partial charge in [0.05, 0.1) is 0 Å². The van der Waals surface area contributed by atoms with Crippen LogP contribution in [0.15, 0.2) is 84.1 Å². The Labute approximate surface area is 171 Å². The van der Waals surface area contributed by atoms with Crippen LogP contribution in [-0.2, 0) is 0 Å². The van der Waals surface area contributed by atoms with Crippen LogP contribution < -0.4 is 0 Å². The van der Waals surface area contributed by atoms with Crippen molar-refractivity contribution < 1.29 is 0 Å². The van der Waals surface area contributed by atoms with Gasteiger partial charge in [-0.25, -0.2) is 0 Å². The summed E-state index contributed by atoms with van der Waals surface area (Å²) in [5.74, 6) is 0.480. The maximum Gasteiger partial charge on any atom is 0.0202 e. The molecule has 0 bridgehead atoms. The first-order valence-corrected chi connectivity index (χ1v) is 10.3. The monoisotopic (exact) mass is 370 g/mol. The van der Waals surface area contributed by atoms with E-state index in [1.54, 1.807) is 17.2 Å². The summed E-state index contributed by atoms with van der Waals surface area (Å²) in [5, 5.41) is 0. The minimum Gasteiger partial charge on any atom is -0.103 e. The molecule has 1 atom stereocenters. The van der Waals surface area contributed by atoms with Gasteiger partial charge in [0, 0.05) is 5.92 Å². The van der Waals surface area contributed by atoms with Crippen LogP contribution in [0.5, 0.6) is 0 Å². The first kappa shape index (κ1) is 29.9. The SMILES string of the molecule is C.C=C/C=C\C=C/C1=C(CCC)C(/C=C\C)C(CCC=C)=C1C.CC.CC. The molecule has 0 spiro atoms. The number of hydrogen-bond acceptors (Lipinski definition) is 0. The molecule has 0 amide bonds. The van der Waals surface area contributed by atoms with E-state index in [9.17, 15) is 0 Å². The predicted molar refractivity (Wildman–Crippen MR) is 130 cm³/mol. The summed E-state index contributed by atoms with van der Waals surface area (Å²) in [5.41, 5.74) is 6.02. The standard InChI is InChI=1S/C22H30.2C2H6.CH4/c1-6-10-12-13-17-20-18(5)19(16-11-7-2)21(14-8-3)22(20)15-9-4;2*1-2;/h6-8,10,12-14,17,21H,1-2,9,11,15-16H2,3-5H3;2*1-2H3;1H4/b12-10-,14-8-,17-13-;;;. The highest BCUT2D eigenvalue weighted by Crippen LogP contribution is 2.43. The van der Waals surface area contributed by atoms with Gasteiger partial charge in [-0.3, -0.25) is 0 Å². The molecule has 27 heavy (non-hydrogen) atoms. The molecule has 1 aliphatic carbocycles. The van der Waals surface area contributed by atoms with E-state index in [2.05, 4.69) is 58.2 Å². The zero-order chi connectivity index (χ0) is 20.4. The van der Waals surface area contributed by atoms with E-state index in [1.807, 2.05) is 45.9 Å².